The van der Waals surface area contributed by atoms with E-state index in [1.54, 1.807) is 36.0 Å². The molecule has 2 rings (SSSR count). The first-order chi connectivity index (χ1) is 10.1. The molecule has 7 heteroatoms. The SMILES string of the molecule is CC[C@@H](Sc1nnc(CSC)o1)C(=O)c1ccc(Cl)cc1. The van der Waals surface area contributed by atoms with Crippen LogP contribution >= 0.6 is 35.1 Å². The van der Waals surface area contributed by atoms with Crippen molar-refractivity contribution >= 4 is 40.9 Å². The standard InChI is InChI=1S/C14H15ClN2O2S2/c1-3-11(13(18)9-4-6-10(15)7-5-9)21-14-17-16-12(19-14)8-20-2/h4-7,11H,3,8H2,1-2H3/t11-/m1/s1. The second-order valence-electron chi connectivity index (χ2n) is 4.28. The van der Waals surface area contributed by atoms with E-state index in [0.29, 0.717) is 33.9 Å². The van der Waals surface area contributed by atoms with Gasteiger partial charge in [-0.15, -0.1) is 10.2 Å². The molecule has 0 amide bonds. The van der Waals surface area contributed by atoms with Gasteiger partial charge in [-0.1, -0.05) is 30.3 Å². The number of Topliss-reactive ketones (excluding diaryl/α,β-unsaturated/α-hetero) is 1. The molecular formula is C14H15ClN2O2S2. The van der Waals surface area contributed by atoms with Crippen LogP contribution in [0.3, 0.4) is 0 Å². The predicted molar refractivity (Wildman–Crippen MR) is 87.2 cm³/mol. The van der Waals surface area contributed by atoms with Gasteiger partial charge in [-0.25, -0.2) is 0 Å². The lowest BCUT2D eigenvalue weighted by Gasteiger charge is -2.10. The van der Waals surface area contributed by atoms with Gasteiger partial charge >= 0.3 is 0 Å². The van der Waals surface area contributed by atoms with Gasteiger partial charge in [0.1, 0.15) is 0 Å². The van der Waals surface area contributed by atoms with Crippen LogP contribution < -0.4 is 0 Å². The second-order valence-corrected chi connectivity index (χ2v) is 6.74. The Bertz CT molecular complexity index is 601. The molecule has 2 aromatic rings. The van der Waals surface area contributed by atoms with Gasteiger partial charge in [-0.05, 0) is 36.9 Å². The van der Waals surface area contributed by atoms with Crippen molar-refractivity contribution in [3.8, 4) is 0 Å². The maximum absolute atomic E-state index is 12.5. The Morgan fingerprint density at radius 2 is 2.05 bits per heavy atom. The lowest BCUT2D eigenvalue weighted by Crippen LogP contribution is -2.16. The van der Waals surface area contributed by atoms with Crippen LogP contribution in [0, 0.1) is 0 Å². The minimum Gasteiger partial charge on any atom is -0.415 e. The molecule has 0 bridgehead atoms. The van der Waals surface area contributed by atoms with Crippen molar-refractivity contribution in [3.63, 3.8) is 0 Å². The average molecular weight is 343 g/mol. The molecule has 21 heavy (non-hydrogen) atoms. The van der Waals surface area contributed by atoms with E-state index in [2.05, 4.69) is 10.2 Å². The smallest absolute Gasteiger partial charge is 0.277 e. The maximum atomic E-state index is 12.5. The minimum atomic E-state index is -0.242. The van der Waals surface area contributed by atoms with E-state index in [1.165, 1.54) is 11.8 Å². The van der Waals surface area contributed by atoms with Crippen LogP contribution in [0.4, 0.5) is 0 Å². The number of benzene rings is 1. The minimum absolute atomic E-state index is 0.0452. The Morgan fingerprint density at radius 3 is 2.67 bits per heavy atom. The number of carbonyl (C=O) groups is 1. The summed E-state index contributed by atoms with van der Waals surface area (Å²) in [5, 5.41) is 8.74. The lowest BCUT2D eigenvalue weighted by atomic mass is 10.1. The van der Waals surface area contributed by atoms with Crippen LogP contribution in [0.25, 0.3) is 0 Å². The summed E-state index contributed by atoms with van der Waals surface area (Å²) >= 11 is 8.76. The summed E-state index contributed by atoms with van der Waals surface area (Å²) < 4.78 is 5.51. The monoisotopic (exact) mass is 342 g/mol. The molecule has 0 fully saturated rings. The van der Waals surface area contributed by atoms with Gasteiger partial charge in [-0.3, -0.25) is 4.79 Å². The number of hydrogen-bond donors (Lipinski definition) is 0. The topological polar surface area (TPSA) is 56.0 Å². The Labute approximate surface area is 137 Å². The van der Waals surface area contributed by atoms with Crippen LogP contribution in [0.15, 0.2) is 33.9 Å². The number of nitrogens with zero attached hydrogens (tertiary/aromatic N) is 2. The third-order valence-corrected chi connectivity index (χ3v) is 4.74. The second kappa shape index (κ2) is 7.87. The zero-order valence-corrected chi connectivity index (χ0v) is 14.1. The summed E-state index contributed by atoms with van der Waals surface area (Å²) in [6.07, 6.45) is 2.66. The van der Waals surface area contributed by atoms with Gasteiger partial charge in [-0.2, -0.15) is 11.8 Å². The quantitative estimate of drug-likeness (QED) is 0.551. The van der Waals surface area contributed by atoms with Crippen LogP contribution in [0.1, 0.15) is 29.6 Å². The molecule has 0 saturated carbocycles. The average Bonchev–Trinajstić information content (AvgIpc) is 2.92. The fraction of sp³-hybridized carbons (Fsp3) is 0.357. The number of rotatable bonds is 7. The van der Waals surface area contributed by atoms with Crippen molar-refractivity contribution in [1.82, 2.24) is 10.2 Å². The van der Waals surface area contributed by atoms with Crippen LogP contribution in [0.2, 0.25) is 5.02 Å². The Hall–Kier alpha value is -0.980. The summed E-state index contributed by atoms with van der Waals surface area (Å²) in [5.41, 5.74) is 0.641. The van der Waals surface area contributed by atoms with Crippen molar-refractivity contribution < 1.29 is 9.21 Å². The number of ketones is 1. The zero-order valence-electron chi connectivity index (χ0n) is 11.7. The fourth-order valence-corrected chi connectivity index (χ4v) is 3.09. The molecule has 0 aliphatic rings. The summed E-state index contributed by atoms with van der Waals surface area (Å²) in [6, 6.07) is 6.91. The van der Waals surface area contributed by atoms with Gasteiger partial charge < -0.3 is 4.42 Å². The number of carbonyl (C=O) groups excluding carboxylic acids is 1. The first kappa shape index (κ1) is 16.4. The molecule has 0 aliphatic heterocycles. The molecule has 0 spiro atoms. The van der Waals surface area contributed by atoms with Crippen molar-refractivity contribution in [1.29, 1.82) is 0 Å². The summed E-state index contributed by atoms with van der Waals surface area (Å²) in [7, 11) is 0. The van der Waals surface area contributed by atoms with Crippen molar-refractivity contribution in [2.45, 2.75) is 29.6 Å². The Kier molecular flexibility index (Phi) is 6.14. The third-order valence-electron chi connectivity index (χ3n) is 2.75. The molecule has 0 radical (unpaired) electrons. The third kappa shape index (κ3) is 4.49. The largest absolute Gasteiger partial charge is 0.415 e. The molecular weight excluding hydrogens is 328 g/mol. The molecule has 112 valence electrons. The molecule has 1 aromatic heterocycles. The van der Waals surface area contributed by atoms with E-state index in [0.717, 1.165) is 0 Å². The number of hydrogen-bond acceptors (Lipinski definition) is 6. The van der Waals surface area contributed by atoms with Gasteiger partial charge in [0.2, 0.25) is 5.89 Å². The molecule has 4 nitrogen and oxygen atoms in total. The first-order valence-electron chi connectivity index (χ1n) is 6.41. The van der Waals surface area contributed by atoms with E-state index < -0.39 is 0 Å². The molecule has 1 heterocycles. The van der Waals surface area contributed by atoms with E-state index in [9.17, 15) is 4.79 Å². The molecule has 0 N–H and O–H groups in total. The Balaban J connectivity index is 2.07. The van der Waals surface area contributed by atoms with Crippen molar-refractivity contribution in [3.05, 3.63) is 40.7 Å². The van der Waals surface area contributed by atoms with Crippen LogP contribution in [0.5, 0.6) is 0 Å². The Morgan fingerprint density at radius 1 is 1.33 bits per heavy atom. The molecule has 0 unspecified atom stereocenters. The summed E-state index contributed by atoms with van der Waals surface area (Å²) in [4.78, 5) is 12.5. The maximum Gasteiger partial charge on any atom is 0.277 e. The van der Waals surface area contributed by atoms with E-state index in [-0.39, 0.29) is 11.0 Å². The highest BCUT2D eigenvalue weighted by Crippen LogP contribution is 2.28. The number of halogens is 1. The zero-order chi connectivity index (χ0) is 15.2. The van der Waals surface area contributed by atoms with Gasteiger partial charge in [0.25, 0.3) is 5.22 Å². The first-order valence-corrected chi connectivity index (χ1v) is 9.07. The normalized spacial score (nSPS) is 12.3. The van der Waals surface area contributed by atoms with Crippen molar-refractivity contribution in [2.24, 2.45) is 0 Å². The van der Waals surface area contributed by atoms with Gasteiger partial charge in [0.15, 0.2) is 5.78 Å². The highest BCUT2D eigenvalue weighted by molar-refractivity contribution is 8.00. The van der Waals surface area contributed by atoms with Crippen LogP contribution in [-0.2, 0) is 5.75 Å². The van der Waals surface area contributed by atoms with Gasteiger partial charge in [0.05, 0.1) is 11.0 Å². The number of aromatic nitrogens is 2. The van der Waals surface area contributed by atoms with Gasteiger partial charge in [0, 0.05) is 10.6 Å². The van der Waals surface area contributed by atoms with E-state index in [1.807, 2.05) is 13.2 Å². The van der Waals surface area contributed by atoms with Crippen molar-refractivity contribution in [2.75, 3.05) is 6.26 Å². The molecule has 1 aromatic carbocycles. The van der Waals surface area contributed by atoms with Crippen LogP contribution in [-0.4, -0.2) is 27.5 Å². The fourth-order valence-electron chi connectivity index (χ4n) is 1.71. The molecule has 1 atom stereocenters. The van der Waals surface area contributed by atoms with E-state index in [4.69, 9.17) is 16.0 Å². The molecule has 0 aliphatic carbocycles. The molecule has 0 saturated heterocycles. The van der Waals surface area contributed by atoms with E-state index >= 15 is 0 Å². The number of thioether (sulfide) groups is 2. The highest BCUT2D eigenvalue weighted by atomic mass is 35.5. The summed E-state index contributed by atoms with van der Waals surface area (Å²) in [6.45, 7) is 1.96. The lowest BCUT2D eigenvalue weighted by molar-refractivity contribution is 0.0987. The predicted octanol–water partition coefficient (Wildman–Crippen LogP) is 4.34. The summed E-state index contributed by atoms with van der Waals surface area (Å²) in [5.74, 6) is 1.30. The highest BCUT2D eigenvalue weighted by Gasteiger charge is 2.22.